The molecule has 1 N–H and O–H groups in total. The van der Waals surface area contributed by atoms with Crippen molar-refractivity contribution in [3.8, 4) is 11.1 Å². The number of amides is 2. The highest BCUT2D eigenvalue weighted by Crippen LogP contribution is 2.36. The third-order valence-electron chi connectivity index (χ3n) is 5.84. The Bertz CT molecular complexity index is 859. The van der Waals surface area contributed by atoms with Gasteiger partial charge >= 0.3 is 0 Å². The summed E-state index contributed by atoms with van der Waals surface area (Å²) >= 11 is 0. The minimum Gasteiger partial charge on any atom is -0.356 e. The van der Waals surface area contributed by atoms with E-state index in [2.05, 4.69) is 41.3 Å². The van der Waals surface area contributed by atoms with Crippen LogP contribution in [0.2, 0.25) is 0 Å². The van der Waals surface area contributed by atoms with Crippen LogP contribution in [0.25, 0.3) is 11.1 Å². The average Bonchev–Trinajstić information content (AvgIpc) is 2.75. The molecule has 0 spiro atoms. The summed E-state index contributed by atoms with van der Waals surface area (Å²) in [5, 5.41) is 3.04. The first-order valence-electron chi connectivity index (χ1n) is 10.8. The van der Waals surface area contributed by atoms with Gasteiger partial charge in [-0.05, 0) is 43.2 Å². The van der Waals surface area contributed by atoms with Gasteiger partial charge in [0.05, 0.1) is 5.41 Å². The first-order chi connectivity index (χ1) is 14.4. The summed E-state index contributed by atoms with van der Waals surface area (Å²) < 4.78 is 0. The molecule has 0 bridgehead atoms. The van der Waals surface area contributed by atoms with Crippen LogP contribution in [0.4, 0.5) is 0 Å². The number of likely N-dealkylation sites (tertiary alicyclic amines) is 1. The van der Waals surface area contributed by atoms with E-state index in [9.17, 15) is 9.59 Å². The number of carbonyl (C=O) groups is 2. The molecule has 2 heterocycles. The summed E-state index contributed by atoms with van der Waals surface area (Å²) in [7, 11) is 0. The Kier molecular flexibility index (Phi) is 7.19. The van der Waals surface area contributed by atoms with Crippen LogP contribution in [-0.4, -0.2) is 46.3 Å². The predicted molar refractivity (Wildman–Crippen MR) is 118 cm³/mol. The van der Waals surface area contributed by atoms with E-state index in [0.717, 1.165) is 16.7 Å². The first kappa shape index (κ1) is 21.9. The molecule has 1 aliphatic rings. The number of piperidine rings is 1. The lowest BCUT2D eigenvalue weighted by atomic mass is 9.72. The maximum atomic E-state index is 13.1. The molecule has 3 rings (SSSR count). The molecule has 1 saturated heterocycles. The minimum atomic E-state index is -0.490. The second kappa shape index (κ2) is 9.83. The van der Waals surface area contributed by atoms with Crippen LogP contribution in [0, 0.1) is 11.3 Å². The molecule has 2 amide bonds. The van der Waals surface area contributed by atoms with E-state index in [1.165, 1.54) is 6.33 Å². The number of rotatable bonds is 7. The van der Waals surface area contributed by atoms with Crippen molar-refractivity contribution >= 4 is 11.8 Å². The highest BCUT2D eigenvalue weighted by atomic mass is 16.2. The Hall–Kier alpha value is -2.76. The van der Waals surface area contributed by atoms with Gasteiger partial charge in [0.15, 0.2) is 0 Å². The molecule has 0 radical (unpaired) electrons. The summed E-state index contributed by atoms with van der Waals surface area (Å²) in [6, 6.07) is 8.25. The van der Waals surface area contributed by atoms with Crippen molar-refractivity contribution in [1.82, 2.24) is 20.2 Å². The van der Waals surface area contributed by atoms with Crippen molar-refractivity contribution < 1.29 is 9.59 Å². The largest absolute Gasteiger partial charge is 0.356 e. The zero-order chi connectivity index (χ0) is 21.6. The summed E-state index contributed by atoms with van der Waals surface area (Å²) in [6.45, 7) is 7.95. The van der Waals surface area contributed by atoms with Crippen molar-refractivity contribution in [3.05, 3.63) is 48.5 Å². The Morgan fingerprint density at radius 3 is 2.47 bits per heavy atom. The molecule has 1 aliphatic heterocycles. The third-order valence-corrected chi connectivity index (χ3v) is 5.84. The quantitative estimate of drug-likeness (QED) is 0.761. The van der Waals surface area contributed by atoms with Crippen LogP contribution < -0.4 is 5.32 Å². The number of hydrogen-bond donors (Lipinski definition) is 1. The molecule has 6 heteroatoms. The SMILES string of the molecule is CCNC(=O)C1(Cc2cccc(-c3cncnc3)c2)CCN(C(=O)CC(C)C)CC1. The number of hydrogen-bond acceptors (Lipinski definition) is 4. The first-order valence-corrected chi connectivity index (χ1v) is 10.8. The number of nitrogens with one attached hydrogen (secondary N) is 1. The fraction of sp³-hybridized carbons (Fsp3) is 0.500. The maximum absolute atomic E-state index is 13.1. The molecule has 30 heavy (non-hydrogen) atoms. The van der Waals surface area contributed by atoms with Crippen LogP contribution in [0.3, 0.4) is 0 Å². The van der Waals surface area contributed by atoms with Crippen molar-refractivity contribution in [2.75, 3.05) is 19.6 Å². The lowest BCUT2D eigenvalue weighted by Crippen LogP contribution is -2.51. The zero-order valence-corrected chi connectivity index (χ0v) is 18.2. The lowest BCUT2D eigenvalue weighted by molar-refractivity contribution is -0.141. The molecule has 2 aromatic rings. The summed E-state index contributed by atoms with van der Waals surface area (Å²) in [6.07, 6.45) is 7.70. The van der Waals surface area contributed by atoms with Crippen LogP contribution >= 0.6 is 0 Å². The second-order valence-corrected chi connectivity index (χ2v) is 8.62. The molecule has 0 aliphatic carbocycles. The fourth-order valence-corrected chi connectivity index (χ4v) is 4.19. The highest BCUT2D eigenvalue weighted by Gasteiger charge is 2.42. The summed E-state index contributed by atoms with van der Waals surface area (Å²) in [5.74, 6) is 0.632. The van der Waals surface area contributed by atoms with Crippen molar-refractivity contribution in [1.29, 1.82) is 0 Å². The standard InChI is InChI=1S/C24H32N4O2/c1-4-27-23(30)24(8-10-28(11-9-24)22(29)12-18(2)3)14-19-6-5-7-20(13-19)21-15-25-17-26-16-21/h5-7,13,15-18H,4,8-12,14H2,1-3H3,(H,27,30). The summed E-state index contributed by atoms with van der Waals surface area (Å²) in [4.78, 5) is 35.7. The Morgan fingerprint density at radius 1 is 1.13 bits per heavy atom. The van der Waals surface area contributed by atoms with Crippen LogP contribution in [-0.2, 0) is 16.0 Å². The predicted octanol–water partition coefficient (Wildman–Crippen LogP) is 3.48. The number of benzene rings is 1. The molecule has 1 fully saturated rings. The maximum Gasteiger partial charge on any atom is 0.226 e. The van der Waals surface area contributed by atoms with Gasteiger partial charge in [0.1, 0.15) is 6.33 Å². The molecule has 0 unspecified atom stereocenters. The number of carbonyl (C=O) groups excluding carboxylic acids is 2. The van der Waals surface area contributed by atoms with Gasteiger partial charge in [0.25, 0.3) is 0 Å². The smallest absolute Gasteiger partial charge is 0.226 e. The van der Waals surface area contributed by atoms with E-state index in [0.29, 0.717) is 51.2 Å². The Morgan fingerprint density at radius 2 is 1.83 bits per heavy atom. The van der Waals surface area contributed by atoms with Gasteiger partial charge in [0, 0.05) is 44.0 Å². The Balaban J connectivity index is 1.79. The third kappa shape index (κ3) is 5.23. The van der Waals surface area contributed by atoms with Crippen molar-refractivity contribution in [2.45, 2.75) is 46.5 Å². The van der Waals surface area contributed by atoms with Crippen LogP contribution in [0.1, 0.15) is 45.6 Å². The molecule has 160 valence electrons. The van der Waals surface area contributed by atoms with E-state index >= 15 is 0 Å². The van der Waals surface area contributed by atoms with E-state index in [-0.39, 0.29) is 11.8 Å². The topological polar surface area (TPSA) is 75.2 Å². The number of nitrogens with zero attached hydrogens (tertiary/aromatic N) is 3. The molecular formula is C24H32N4O2. The average molecular weight is 409 g/mol. The molecule has 1 aromatic heterocycles. The van der Waals surface area contributed by atoms with E-state index in [1.807, 2.05) is 24.0 Å². The van der Waals surface area contributed by atoms with Crippen LogP contribution in [0.15, 0.2) is 43.0 Å². The van der Waals surface area contributed by atoms with Gasteiger partial charge in [0.2, 0.25) is 11.8 Å². The monoisotopic (exact) mass is 408 g/mol. The molecule has 1 aromatic carbocycles. The fourth-order valence-electron chi connectivity index (χ4n) is 4.19. The van der Waals surface area contributed by atoms with Gasteiger partial charge in [-0.1, -0.05) is 38.1 Å². The molecular weight excluding hydrogens is 376 g/mol. The highest BCUT2D eigenvalue weighted by molar-refractivity contribution is 5.84. The summed E-state index contributed by atoms with van der Waals surface area (Å²) in [5.41, 5.74) is 2.63. The van der Waals surface area contributed by atoms with Crippen molar-refractivity contribution in [3.63, 3.8) is 0 Å². The molecule has 6 nitrogen and oxygen atoms in total. The van der Waals surface area contributed by atoms with E-state index in [1.54, 1.807) is 12.4 Å². The van der Waals surface area contributed by atoms with Gasteiger partial charge in [-0.15, -0.1) is 0 Å². The number of aromatic nitrogens is 2. The van der Waals surface area contributed by atoms with Gasteiger partial charge in [-0.25, -0.2) is 9.97 Å². The van der Waals surface area contributed by atoms with Gasteiger partial charge in [-0.2, -0.15) is 0 Å². The normalized spacial score (nSPS) is 15.8. The zero-order valence-electron chi connectivity index (χ0n) is 18.2. The lowest BCUT2D eigenvalue weighted by Gasteiger charge is -2.41. The van der Waals surface area contributed by atoms with Crippen molar-refractivity contribution in [2.24, 2.45) is 11.3 Å². The molecule has 0 saturated carbocycles. The van der Waals surface area contributed by atoms with Gasteiger partial charge in [-0.3, -0.25) is 9.59 Å². The second-order valence-electron chi connectivity index (χ2n) is 8.62. The minimum absolute atomic E-state index is 0.0920. The van der Waals surface area contributed by atoms with E-state index in [4.69, 9.17) is 0 Å². The van der Waals surface area contributed by atoms with Crippen LogP contribution in [0.5, 0.6) is 0 Å². The van der Waals surface area contributed by atoms with E-state index < -0.39 is 5.41 Å². The van der Waals surface area contributed by atoms with Gasteiger partial charge < -0.3 is 10.2 Å². The molecule has 0 atom stereocenters. The Labute approximate surface area is 179 Å².